The van der Waals surface area contributed by atoms with Gasteiger partial charge in [0.05, 0.1) is 26.4 Å². The second-order valence-electron chi connectivity index (χ2n) is 25.0. The normalized spacial score (nSPS) is 14.1. The molecule has 0 fully saturated rings. The van der Waals surface area contributed by atoms with Gasteiger partial charge in [-0.05, 0) is 31.6 Å². The predicted octanol–water partition coefficient (Wildman–Crippen LogP) is 19.4. The number of carbonyl (C=O) groups is 4. The number of hydrogen-bond donors (Lipinski definition) is 3. The molecule has 87 heavy (non-hydrogen) atoms. The molecule has 516 valence electrons. The van der Waals surface area contributed by atoms with Gasteiger partial charge in [-0.3, -0.25) is 37.3 Å². The zero-order valence-electron chi connectivity index (χ0n) is 56.2. The number of unbranched alkanes of at least 4 members (excludes halogenated alkanes) is 40. The van der Waals surface area contributed by atoms with Gasteiger partial charge in [-0.25, -0.2) is 9.13 Å². The summed E-state index contributed by atoms with van der Waals surface area (Å²) >= 11 is 0. The molecule has 0 radical (unpaired) electrons. The Labute approximate surface area is 530 Å². The van der Waals surface area contributed by atoms with E-state index in [2.05, 4.69) is 34.6 Å². The summed E-state index contributed by atoms with van der Waals surface area (Å²) in [5.74, 6) is -1.32. The van der Waals surface area contributed by atoms with Crippen LogP contribution in [0.5, 0.6) is 0 Å². The minimum atomic E-state index is -4.95. The maximum absolute atomic E-state index is 13.0. The third kappa shape index (κ3) is 62.6. The van der Waals surface area contributed by atoms with E-state index in [-0.39, 0.29) is 25.7 Å². The molecule has 0 spiro atoms. The van der Waals surface area contributed by atoms with Crippen molar-refractivity contribution in [1.82, 2.24) is 0 Å². The van der Waals surface area contributed by atoms with Crippen molar-refractivity contribution < 1.29 is 80.2 Å². The molecule has 0 aliphatic carbocycles. The highest BCUT2D eigenvalue weighted by molar-refractivity contribution is 7.47. The van der Waals surface area contributed by atoms with Crippen LogP contribution in [0.15, 0.2) is 0 Å². The number of hydrogen-bond acceptors (Lipinski definition) is 15. The van der Waals surface area contributed by atoms with Gasteiger partial charge in [0.2, 0.25) is 0 Å². The standard InChI is InChI=1S/C68H132O17P2/c1-6-9-12-15-17-19-29-34-37-42-47-52-66(71)79-58-64(85-68(73)54-49-44-39-35-31-28-26-24-22-21-23-25-27-30-32-36-41-45-50-61(4)5)60-83-87(76,77)81-56-62(69)55-80-86(74,75)82-59-63(57-78-65(70)51-46-40-14-11-8-3)84-67(72)53-48-43-38-33-20-18-16-13-10-7-2/h61-64,69H,6-60H2,1-5H3,(H,74,75)(H,76,77)/t62-,63+,64+/m0/s1. The second-order valence-corrected chi connectivity index (χ2v) is 27.9. The number of aliphatic hydroxyl groups is 1. The van der Waals surface area contributed by atoms with Crippen molar-refractivity contribution in [1.29, 1.82) is 0 Å². The van der Waals surface area contributed by atoms with Crippen LogP contribution < -0.4 is 0 Å². The summed E-state index contributed by atoms with van der Waals surface area (Å²) in [5.41, 5.74) is 0. The summed E-state index contributed by atoms with van der Waals surface area (Å²) in [7, 11) is -9.88. The van der Waals surface area contributed by atoms with Gasteiger partial charge in [-0.15, -0.1) is 0 Å². The number of phosphoric acid groups is 2. The Balaban J connectivity index is 5.08. The topological polar surface area (TPSA) is 237 Å². The van der Waals surface area contributed by atoms with Gasteiger partial charge in [-0.2, -0.15) is 0 Å². The molecule has 0 aliphatic rings. The summed E-state index contributed by atoms with van der Waals surface area (Å²) < 4.78 is 67.9. The van der Waals surface area contributed by atoms with E-state index in [1.807, 2.05) is 0 Å². The van der Waals surface area contributed by atoms with Crippen molar-refractivity contribution in [3.05, 3.63) is 0 Å². The van der Waals surface area contributed by atoms with Crippen LogP contribution in [0.25, 0.3) is 0 Å². The largest absolute Gasteiger partial charge is 0.472 e. The highest BCUT2D eigenvalue weighted by Gasteiger charge is 2.30. The first kappa shape index (κ1) is 85.1. The van der Waals surface area contributed by atoms with Crippen LogP contribution in [0, 0.1) is 5.92 Å². The second kappa shape index (κ2) is 61.6. The van der Waals surface area contributed by atoms with E-state index in [1.54, 1.807) is 0 Å². The molecule has 2 unspecified atom stereocenters. The van der Waals surface area contributed by atoms with Crippen LogP contribution in [0.4, 0.5) is 0 Å². The quantitative estimate of drug-likeness (QED) is 0.0222. The third-order valence-corrected chi connectivity index (χ3v) is 17.7. The Morgan fingerprint density at radius 1 is 0.310 bits per heavy atom. The number of phosphoric ester groups is 2. The van der Waals surface area contributed by atoms with Gasteiger partial charge in [0.1, 0.15) is 19.3 Å². The van der Waals surface area contributed by atoms with Crippen LogP contribution in [-0.4, -0.2) is 96.7 Å². The molecule has 19 heteroatoms. The van der Waals surface area contributed by atoms with Gasteiger partial charge < -0.3 is 33.8 Å². The van der Waals surface area contributed by atoms with Crippen molar-refractivity contribution >= 4 is 39.5 Å². The zero-order chi connectivity index (χ0) is 64.2. The molecule has 3 N–H and O–H groups in total. The van der Waals surface area contributed by atoms with Crippen LogP contribution in [-0.2, 0) is 65.4 Å². The molecule has 5 atom stereocenters. The Morgan fingerprint density at radius 3 is 0.782 bits per heavy atom. The monoisotopic (exact) mass is 1280 g/mol. The molecule has 0 saturated carbocycles. The lowest BCUT2D eigenvalue weighted by atomic mass is 10.0. The van der Waals surface area contributed by atoms with Crippen LogP contribution >= 0.6 is 15.6 Å². The van der Waals surface area contributed by atoms with Crippen molar-refractivity contribution in [3.8, 4) is 0 Å². The fraction of sp³-hybridized carbons (Fsp3) is 0.941. The molecule has 0 amide bonds. The maximum atomic E-state index is 13.0. The van der Waals surface area contributed by atoms with Gasteiger partial charge >= 0.3 is 39.5 Å². The number of ether oxygens (including phenoxy) is 4. The number of esters is 4. The molecule has 0 aliphatic heterocycles. The lowest BCUT2D eigenvalue weighted by Gasteiger charge is -2.21. The van der Waals surface area contributed by atoms with Crippen molar-refractivity contribution in [2.24, 2.45) is 5.92 Å². The molecule has 0 aromatic rings. The molecular weight excluding hydrogens is 1150 g/mol. The first-order valence-electron chi connectivity index (χ1n) is 35.6. The lowest BCUT2D eigenvalue weighted by molar-refractivity contribution is -0.161. The summed E-state index contributed by atoms with van der Waals surface area (Å²) in [6.07, 6.45) is 47.6. The van der Waals surface area contributed by atoms with Crippen LogP contribution in [0.3, 0.4) is 0 Å². The maximum Gasteiger partial charge on any atom is 0.472 e. The van der Waals surface area contributed by atoms with Gasteiger partial charge in [0.15, 0.2) is 12.2 Å². The van der Waals surface area contributed by atoms with E-state index in [1.165, 1.54) is 167 Å². The molecule has 0 aromatic heterocycles. The van der Waals surface area contributed by atoms with E-state index in [4.69, 9.17) is 37.0 Å². The fourth-order valence-corrected chi connectivity index (χ4v) is 11.9. The van der Waals surface area contributed by atoms with E-state index in [9.17, 15) is 43.2 Å². The number of rotatable bonds is 68. The molecule has 0 aromatic carbocycles. The smallest absolute Gasteiger partial charge is 0.462 e. The fourth-order valence-electron chi connectivity index (χ4n) is 10.3. The van der Waals surface area contributed by atoms with E-state index >= 15 is 0 Å². The van der Waals surface area contributed by atoms with E-state index < -0.39 is 97.5 Å². The first-order chi connectivity index (χ1) is 42.0. The summed E-state index contributed by atoms with van der Waals surface area (Å²) in [6, 6.07) is 0. The minimum Gasteiger partial charge on any atom is -0.462 e. The Bertz CT molecular complexity index is 1690. The van der Waals surface area contributed by atoms with Gasteiger partial charge in [0.25, 0.3) is 0 Å². The van der Waals surface area contributed by atoms with Crippen LogP contribution in [0.2, 0.25) is 0 Å². The molecular formula is C68H132O17P2. The molecule has 0 bridgehead atoms. The Morgan fingerprint density at radius 2 is 0.529 bits per heavy atom. The highest BCUT2D eigenvalue weighted by atomic mass is 31.2. The summed E-state index contributed by atoms with van der Waals surface area (Å²) in [4.78, 5) is 72.1. The lowest BCUT2D eigenvalue weighted by Crippen LogP contribution is -2.30. The average Bonchev–Trinajstić information content (AvgIpc) is 3.69. The first-order valence-corrected chi connectivity index (χ1v) is 38.6. The van der Waals surface area contributed by atoms with Crippen LogP contribution in [0.1, 0.15) is 349 Å². The van der Waals surface area contributed by atoms with Gasteiger partial charge in [-0.1, -0.05) is 298 Å². The van der Waals surface area contributed by atoms with Gasteiger partial charge in [0, 0.05) is 25.7 Å². The number of aliphatic hydroxyl groups excluding tert-OH is 1. The van der Waals surface area contributed by atoms with E-state index in [0.717, 1.165) is 102 Å². The summed E-state index contributed by atoms with van der Waals surface area (Å²) in [6.45, 7) is 7.16. The zero-order valence-corrected chi connectivity index (χ0v) is 57.9. The predicted molar refractivity (Wildman–Crippen MR) is 349 cm³/mol. The van der Waals surface area contributed by atoms with Crippen molar-refractivity contribution in [2.75, 3.05) is 39.6 Å². The Hall–Kier alpha value is -1.94. The number of carbonyl (C=O) groups excluding carboxylic acids is 4. The SMILES string of the molecule is CCCCCCCCCCCCCC(=O)OC[C@H](COP(=O)(O)OC[C@@H](O)COP(=O)(O)OC[C@@H](COC(=O)CCCCCCC)OC(=O)CCCCCCCCCCCC)OC(=O)CCCCCCCCCCCCCCCCCCCCC(C)C. The average molecular weight is 1280 g/mol. The van der Waals surface area contributed by atoms with Crippen molar-refractivity contribution in [3.63, 3.8) is 0 Å². The third-order valence-electron chi connectivity index (χ3n) is 15.8. The van der Waals surface area contributed by atoms with Crippen molar-refractivity contribution in [2.45, 2.75) is 368 Å². The molecule has 0 rings (SSSR count). The Kier molecular flexibility index (Phi) is 60.2. The van der Waals surface area contributed by atoms with E-state index in [0.29, 0.717) is 25.7 Å². The molecule has 0 heterocycles. The summed E-state index contributed by atoms with van der Waals surface area (Å²) in [5, 5.41) is 10.5. The minimum absolute atomic E-state index is 0.106. The molecule has 17 nitrogen and oxygen atoms in total. The molecule has 0 saturated heterocycles. The highest BCUT2D eigenvalue weighted by Crippen LogP contribution is 2.45.